The fraction of sp³-hybridized carbons (Fsp3) is 0.182. The third kappa shape index (κ3) is 5.41. The molecule has 0 aromatic heterocycles. The molecule has 0 fully saturated rings. The third-order valence-electron chi connectivity index (χ3n) is 4.74. The van der Waals surface area contributed by atoms with Crippen LogP contribution in [-0.2, 0) is 19.6 Å². The van der Waals surface area contributed by atoms with Gasteiger partial charge in [-0.2, -0.15) is 4.31 Å². The smallest absolute Gasteiger partial charge is 0.244 e. The third-order valence-corrected chi connectivity index (χ3v) is 6.87. The van der Waals surface area contributed by atoms with Crippen molar-refractivity contribution in [2.24, 2.45) is 0 Å². The highest BCUT2D eigenvalue weighted by Gasteiger charge is 2.25. The minimum atomic E-state index is -3.87. The Labute approximate surface area is 186 Å². The van der Waals surface area contributed by atoms with E-state index in [4.69, 9.17) is 11.6 Å². The van der Waals surface area contributed by atoms with E-state index < -0.39 is 28.4 Å². The highest BCUT2D eigenvalue weighted by atomic mass is 35.5. The number of likely N-dealkylation sites (N-methyl/N-ethyl adjacent to an activating group) is 2. The number of anilines is 1. The largest absolute Gasteiger partial charge is 0.335 e. The van der Waals surface area contributed by atoms with E-state index >= 15 is 0 Å². The van der Waals surface area contributed by atoms with Crippen molar-refractivity contribution in [3.63, 3.8) is 0 Å². The van der Waals surface area contributed by atoms with Gasteiger partial charge in [0.1, 0.15) is 0 Å². The number of halogens is 1. The molecule has 0 aliphatic heterocycles. The molecule has 2 amide bonds. The van der Waals surface area contributed by atoms with Crippen LogP contribution in [0.25, 0.3) is 10.8 Å². The number of sulfonamides is 1. The maximum Gasteiger partial charge on any atom is 0.244 e. The Morgan fingerprint density at radius 2 is 1.55 bits per heavy atom. The quantitative estimate of drug-likeness (QED) is 0.587. The molecule has 9 heteroatoms. The van der Waals surface area contributed by atoms with E-state index in [1.807, 2.05) is 24.3 Å². The molecule has 162 valence electrons. The van der Waals surface area contributed by atoms with Gasteiger partial charge in [-0.05, 0) is 35.0 Å². The van der Waals surface area contributed by atoms with E-state index in [-0.39, 0.29) is 11.4 Å². The number of fused-ring (bicyclic) bond motifs is 1. The lowest BCUT2D eigenvalue weighted by atomic mass is 10.1. The molecule has 0 radical (unpaired) electrons. The normalized spacial score (nSPS) is 11.5. The number of carbonyl (C=O) groups is 2. The van der Waals surface area contributed by atoms with Gasteiger partial charge in [0.2, 0.25) is 21.8 Å². The van der Waals surface area contributed by atoms with E-state index in [1.165, 1.54) is 25.1 Å². The summed E-state index contributed by atoms with van der Waals surface area (Å²) in [6.07, 6.45) is 0. The van der Waals surface area contributed by atoms with Gasteiger partial charge in [-0.25, -0.2) is 8.42 Å². The summed E-state index contributed by atoms with van der Waals surface area (Å²) in [5.41, 5.74) is 0.436. The number of amides is 2. The summed E-state index contributed by atoms with van der Waals surface area (Å²) in [6, 6.07) is 19.0. The second-order valence-corrected chi connectivity index (χ2v) is 9.50. The highest BCUT2D eigenvalue weighted by Crippen LogP contribution is 2.22. The lowest BCUT2D eigenvalue weighted by Gasteiger charge is -2.22. The molecule has 0 saturated carbocycles. The first-order chi connectivity index (χ1) is 14.7. The second-order valence-electron chi connectivity index (χ2n) is 7.05. The molecule has 0 bridgehead atoms. The first-order valence-corrected chi connectivity index (χ1v) is 11.2. The van der Waals surface area contributed by atoms with Gasteiger partial charge in [-0.3, -0.25) is 9.59 Å². The molecular weight excluding hydrogens is 438 g/mol. The molecule has 0 unspecified atom stereocenters. The van der Waals surface area contributed by atoms with Crippen LogP contribution in [0.3, 0.4) is 0 Å². The zero-order valence-electron chi connectivity index (χ0n) is 17.1. The van der Waals surface area contributed by atoms with Crippen LogP contribution in [0.15, 0.2) is 71.6 Å². The van der Waals surface area contributed by atoms with Crippen molar-refractivity contribution in [1.82, 2.24) is 9.21 Å². The Balaban J connectivity index is 1.64. The van der Waals surface area contributed by atoms with Crippen LogP contribution in [0.5, 0.6) is 0 Å². The maximum absolute atomic E-state index is 12.9. The van der Waals surface area contributed by atoms with Gasteiger partial charge >= 0.3 is 0 Å². The predicted molar refractivity (Wildman–Crippen MR) is 121 cm³/mol. The van der Waals surface area contributed by atoms with Crippen molar-refractivity contribution >= 4 is 49.9 Å². The van der Waals surface area contributed by atoms with Crippen molar-refractivity contribution in [1.29, 1.82) is 0 Å². The van der Waals surface area contributed by atoms with Gasteiger partial charge in [0.25, 0.3) is 0 Å². The maximum atomic E-state index is 12.9. The second kappa shape index (κ2) is 9.47. The summed E-state index contributed by atoms with van der Waals surface area (Å²) in [5, 5.41) is 4.72. The molecule has 0 saturated heterocycles. The Morgan fingerprint density at radius 3 is 2.26 bits per heavy atom. The van der Waals surface area contributed by atoms with Gasteiger partial charge in [0, 0.05) is 14.1 Å². The van der Waals surface area contributed by atoms with Crippen LogP contribution in [-0.4, -0.2) is 56.6 Å². The van der Waals surface area contributed by atoms with Crippen LogP contribution in [0.1, 0.15) is 0 Å². The summed E-state index contributed by atoms with van der Waals surface area (Å²) < 4.78 is 26.8. The minimum absolute atomic E-state index is 0.0978. The predicted octanol–water partition coefficient (Wildman–Crippen LogP) is 3.21. The van der Waals surface area contributed by atoms with Crippen molar-refractivity contribution in [3.8, 4) is 0 Å². The molecule has 1 N–H and O–H groups in total. The van der Waals surface area contributed by atoms with Gasteiger partial charge in [0.05, 0.1) is 28.7 Å². The summed E-state index contributed by atoms with van der Waals surface area (Å²) in [5.74, 6) is -0.954. The molecule has 0 aliphatic rings. The molecule has 0 heterocycles. The Hall–Kier alpha value is -2.94. The van der Waals surface area contributed by atoms with Crippen molar-refractivity contribution in [3.05, 3.63) is 71.8 Å². The number of rotatable bonds is 7. The molecule has 3 aromatic rings. The van der Waals surface area contributed by atoms with Crippen molar-refractivity contribution < 1.29 is 18.0 Å². The first kappa shape index (κ1) is 22.7. The zero-order chi connectivity index (χ0) is 22.6. The van der Waals surface area contributed by atoms with E-state index in [0.717, 1.165) is 15.1 Å². The van der Waals surface area contributed by atoms with E-state index in [0.29, 0.717) is 10.7 Å². The van der Waals surface area contributed by atoms with Crippen LogP contribution < -0.4 is 5.32 Å². The summed E-state index contributed by atoms with van der Waals surface area (Å²) in [4.78, 5) is 26.0. The lowest BCUT2D eigenvalue weighted by Crippen LogP contribution is -2.42. The van der Waals surface area contributed by atoms with Gasteiger partial charge in [-0.15, -0.1) is 0 Å². The molecule has 3 aromatic carbocycles. The average molecular weight is 460 g/mol. The SMILES string of the molecule is CN(CC(=O)Nc1ccccc1Cl)C(=O)CN(C)S(=O)(=O)c1ccc2ccccc2c1. The lowest BCUT2D eigenvalue weighted by molar-refractivity contribution is -0.133. The number of para-hydroxylation sites is 1. The van der Waals surface area contributed by atoms with E-state index in [1.54, 1.807) is 36.4 Å². The Bertz CT molecular complexity index is 1230. The molecular formula is C22H22ClN3O4S. The van der Waals surface area contributed by atoms with Gasteiger partial charge in [-0.1, -0.05) is 54.1 Å². The standard InChI is InChI=1S/C22H22ClN3O4S/c1-25(14-21(27)24-20-10-6-5-9-19(20)23)22(28)15-26(2)31(29,30)18-12-11-16-7-3-4-8-17(16)13-18/h3-13H,14-15H2,1-2H3,(H,24,27). The first-order valence-electron chi connectivity index (χ1n) is 9.42. The number of hydrogen-bond donors (Lipinski definition) is 1. The van der Waals surface area contributed by atoms with Gasteiger partial charge < -0.3 is 10.2 Å². The highest BCUT2D eigenvalue weighted by molar-refractivity contribution is 7.89. The van der Waals surface area contributed by atoms with Crippen LogP contribution >= 0.6 is 11.6 Å². The number of benzene rings is 3. The fourth-order valence-electron chi connectivity index (χ4n) is 2.96. The minimum Gasteiger partial charge on any atom is -0.335 e. The molecule has 0 atom stereocenters. The monoisotopic (exact) mass is 459 g/mol. The number of nitrogens with one attached hydrogen (secondary N) is 1. The number of nitrogens with zero attached hydrogens (tertiary/aromatic N) is 2. The summed E-state index contributed by atoms with van der Waals surface area (Å²) in [6.45, 7) is -0.640. The molecule has 0 spiro atoms. The van der Waals surface area contributed by atoms with Crippen molar-refractivity contribution in [2.45, 2.75) is 4.90 Å². The Morgan fingerprint density at radius 1 is 0.903 bits per heavy atom. The Kier molecular flexibility index (Phi) is 6.94. The van der Waals surface area contributed by atoms with Crippen LogP contribution in [0, 0.1) is 0 Å². The fourth-order valence-corrected chi connectivity index (χ4v) is 4.30. The summed E-state index contributed by atoms with van der Waals surface area (Å²) >= 11 is 6.01. The zero-order valence-corrected chi connectivity index (χ0v) is 18.7. The number of carbonyl (C=O) groups excluding carboxylic acids is 2. The van der Waals surface area contributed by atoms with E-state index in [9.17, 15) is 18.0 Å². The topological polar surface area (TPSA) is 86.8 Å². The molecule has 0 aliphatic carbocycles. The van der Waals surface area contributed by atoms with E-state index in [2.05, 4.69) is 5.32 Å². The summed E-state index contributed by atoms with van der Waals surface area (Å²) in [7, 11) is -1.10. The average Bonchev–Trinajstić information content (AvgIpc) is 2.74. The molecule has 3 rings (SSSR count). The van der Waals surface area contributed by atoms with Crippen LogP contribution in [0.2, 0.25) is 5.02 Å². The molecule has 31 heavy (non-hydrogen) atoms. The number of hydrogen-bond acceptors (Lipinski definition) is 4. The van der Waals surface area contributed by atoms with Crippen molar-refractivity contribution in [2.75, 3.05) is 32.5 Å². The molecule has 7 nitrogen and oxygen atoms in total. The van der Waals surface area contributed by atoms with Crippen LogP contribution in [0.4, 0.5) is 5.69 Å². The van der Waals surface area contributed by atoms with Gasteiger partial charge in [0.15, 0.2) is 0 Å².